The lowest BCUT2D eigenvalue weighted by Crippen LogP contribution is -2.41. The van der Waals surface area contributed by atoms with Crippen LogP contribution >= 0.6 is 0 Å². The predicted octanol–water partition coefficient (Wildman–Crippen LogP) is 3.52. The summed E-state index contributed by atoms with van der Waals surface area (Å²) in [7, 11) is 1.87. The van der Waals surface area contributed by atoms with Crippen LogP contribution in [-0.2, 0) is 16.1 Å². The van der Waals surface area contributed by atoms with Crippen LogP contribution in [0.4, 0.5) is 11.6 Å². The highest BCUT2D eigenvalue weighted by molar-refractivity contribution is 5.79. The first kappa shape index (κ1) is 23.0. The molecule has 2 saturated heterocycles. The third-order valence-corrected chi connectivity index (χ3v) is 6.69. The van der Waals surface area contributed by atoms with Crippen molar-refractivity contribution >= 4 is 17.5 Å². The van der Waals surface area contributed by atoms with Crippen LogP contribution in [-0.4, -0.2) is 62.2 Å². The minimum absolute atomic E-state index is 0.0538. The van der Waals surface area contributed by atoms with E-state index in [1.807, 2.05) is 16.8 Å². The van der Waals surface area contributed by atoms with Gasteiger partial charge in [-0.15, -0.1) is 0 Å². The van der Waals surface area contributed by atoms with E-state index < -0.39 is 0 Å². The fraction of sp³-hybridized carbons (Fsp3) is 0.423. The lowest BCUT2D eigenvalue weighted by molar-refractivity contribution is -0.135. The van der Waals surface area contributed by atoms with Crippen molar-refractivity contribution < 1.29 is 18.4 Å². The van der Waals surface area contributed by atoms with E-state index in [0.717, 1.165) is 31.9 Å². The molecule has 0 saturated carbocycles. The van der Waals surface area contributed by atoms with Crippen molar-refractivity contribution in [2.45, 2.75) is 19.4 Å². The fourth-order valence-corrected chi connectivity index (χ4v) is 4.73. The molecule has 1 amide bonds. The summed E-state index contributed by atoms with van der Waals surface area (Å²) in [5.74, 6) is 1.31. The number of amides is 1. The van der Waals surface area contributed by atoms with Crippen molar-refractivity contribution in [2.24, 2.45) is 5.92 Å². The Bertz CT molecular complexity index is 1170. The minimum atomic E-state index is -0.0538. The topological polar surface area (TPSA) is 99.0 Å². The zero-order chi connectivity index (χ0) is 24.2. The van der Waals surface area contributed by atoms with Gasteiger partial charge in [-0.25, -0.2) is 0 Å². The smallest absolute Gasteiger partial charge is 0.266 e. The van der Waals surface area contributed by atoms with Crippen molar-refractivity contribution in [2.75, 3.05) is 56.2 Å². The Morgan fingerprint density at radius 1 is 1.11 bits per heavy atom. The molecule has 2 aromatic heterocycles. The Labute approximate surface area is 204 Å². The van der Waals surface area contributed by atoms with E-state index >= 15 is 0 Å². The Balaban J connectivity index is 1.16. The van der Waals surface area contributed by atoms with E-state index in [-0.39, 0.29) is 17.5 Å². The van der Waals surface area contributed by atoms with Crippen LogP contribution in [0.5, 0.6) is 0 Å². The van der Waals surface area contributed by atoms with Crippen LogP contribution < -0.4 is 9.80 Å². The third-order valence-electron chi connectivity index (χ3n) is 6.69. The maximum Gasteiger partial charge on any atom is 0.266 e. The largest absolute Gasteiger partial charge is 0.459 e. The van der Waals surface area contributed by atoms with Gasteiger partial charge in [0.15, 0.2) is 5.76 Å². The molecule has 4 heterocycles. The first-order valence-corrected chi connectivity index (χ1v) is 12.0. The van der Waals surface area contributed by atoms with Crippen LogP contribution in [0.1, 0.15) is 24.1 Å². The van der Waals surface area contributed by atoms with Gasteiger partial charge in [0.1, 0.15) is 6.07 Å². The molecule has 182 valence electrons. The number of nitriles is 1. The average Bonchev–Trinajstić information content (AvgIpc) is 3.59. The highest BCUT2D eigenvalue weighted by atomic mass is 16.5. The van der Waals surface area contributed by atoms with E-state index in [2.05, 4.69) is 40.2 Å². The Morgan fingerprint density at radius 3 is 2.51 bits per heavy atom. The van der Waals surface area contributed by atoms with Gasteiger partial charge in [-0.3, -0.25) is 4.79 Å². The molecule has 0 radical (unpaired) electrons. The summed E-state index contributed by atoms with van der Waals surface area (Å²) in [6.07, 6.45) is 2.93. The zero-order valence-corrected chi connectivity index (χ0v) is 19.9. The standard InChI is InChI=1S/C26H29N5O4/c1-29(18-19-4-6-21(7-5-19)30-12-15-33-16-13-30)25(32)20-8-10-31(11-9-20)26-22(17-27)28-24(35-26)23-3-2-14-34-23/h2-7,14,20H,8-13,15-16,18H2,1H3. The maximum absolute atomic E-state index is 13.1. The van der Waals surface area contributed by atoms with Crippen LogP contribution in [0.25, 0.3) is 11.7 Å². The van der Waals surface area contributed by atoms with Gasteiger partial charge < -0.3 is 28.3 Å². The van der Waals surface area contributed by atoms with E-state index in [1.165, 1.54) is 12.0 Å². The number of piperidine rings is 1. The molecule has 3 aromatic rings. The van der Waals surface area contributed by atoms with Crippen molar-refractivity contribution in [3.63, 3.8) is 0 Å². The number of hydrogen-bond acceptors (Lipinski definition) is 8. The number of nitrogens with zero attached hydrogens (tertiary/aromatic N) is 5. The highest BCUT2D eigenvalue weighted by Crippen LogP contribution is 2.31. The van der Waals surface area contributed by atoms with Crippen LogP contribution in [0, 0.1) is 17.2 Å². The van der Waals surface area contributed by atoms with Gasteiger partial charge in [-0.1, -0.05) is 12.1 Å². The SMILES string of the molecule is CN(Cc1ccc(N2CCOCC2)cc1)C(=O)C1CCN(c2oc(-c3ccco3)nc2C#N)CC1. The van der Waals surface area contributed by atoms with E-state index in [1.54, 1.807) is 12.1 Å². The fourth-order valence-electron chi connectivity index (χ4n) is 4.73. The molecule has 35 heavy (non-hydrogen) atoms. The second-order valence-corrected chi connectivity index (χ2v) is 8.98. The first-order chi connectivity index (χ1) is 17.1. The number of anilines is 2. The zero-order valence-electron chi connectivity index (χ0n) is 19.9. The van der Waals surface area contributed by atoms with Crippen molar-refractivity contribution in [3.8, 4) is 17.7 Å². The van der Waals surface area contributed by atoms with Crippen LogP contribution in [0.15, 0.2) is 51.5 Å². The van der Waals surface area contributed by atoms with Gasteiger partial charge in [-0.2, -0.15) is 10.2 Å². The quantitative estimate of drug-likeness (QED) is 0.534. The number of hydrogen-bond donors (Lipinski definition) is 0. The number of carbonyl (C=O) groups is 1. The minimum Gasteiger partial charge on any atom is -0.459 e. The number of carbonyl (C=O) groups excluding carboxylic acids is 1. The lowest BCUT2D eigenvalue weighted by atomic mass is 9.95. The third kappa shape index (κ3) is 5.03. The van der Waals surface area contributed by atoms with Crippen molar-refractivity contribution in [3.05, 3.63) is 53.9 Å². The molecule has 9 heteroatoms. The molecule has 0 atom stereocenters. The lowest BCUT2D eigenvalue weighted by Gasteiger charge is -2.33. The second kappa shape index (κ2) is 10.2. The number of rotatable bonds is 6. The van der Waals surface area contributed by atoms with E-state index in [0.29, 0.717) is 50.0 Å². The molecule has 5 rings (SSSR count). The molecular weight excluding hydrogens is 446 g/mol. The van der Waals surface area contributed by atoms with Crippen molar-refractivity contribution in [1.82, 2.24) is 9.88 Å². The summed E-state index contributed by atoms with van der Waals surface area (Å²) in [5.41, 5.74) is 2.54. The van der Waals surface area contributed by atoms with Gasteiger partial charge in [0.2, 0.25) is 17.5 Å². The van der Waals surface area contributed by atoms with Gasteiger partial charge in [0, 0.05) is 51.4 Å². The molecule has 0 unspecified atom stereocenters. The summed E-state index contributed by atoms with van der Waals surface area (Å²) in [6, 6.07) is 14.0. The normalized spacial score (nSPS) is 16.8. The number of aromatic nitrogens is 1. The summed E-state index contributed by atoms with van der Waals surface area (Å²) in [6.45, 7) is 5.17. The molecule has 0 spiro atoms. The van der Waals surface area contributed by atoms with Gasteiger partial charge >= 0.3 is 0 Å². The maximum atomic E-state index is 13.1. The van der Waals surface area contributed by atoms with E-state index in [4.69, 9.17) is 13.6 Å². The van der Waals surface area contributed by atoms with E-state index in [9.17, 15) is 10.1 Å². The highest BCUT2D eigenvalue weighted by Gasteiger charge is 2.30. The monoisotopic (exact) mass is 475 g/mol. The Kier molecular flexibility index (Phi) is 6.73. The summed E-state index contributed by atoms with van der Waals surface area (Å²) in [4.78, 5) is 23.5. The molecule has 0 N–H and O–H groups in total. The van der Waals surface area contributed by atoms with Crippen LogP contribution in [0.3, 0.4) is 0 Å². The van der Waals surface area contributed by atoms with Gasteiger partial charge in [0.25, 0.3) is 5.89 Å². The summed E-state index contributed by atoms with van der Waals surface area (Å²) >= 11 is 0. The molecule has 2 aliphatic heterocycles. The molecule has 0 bridgehead atoms. The summed E-state index contributed by atoms with van der Waals surface area (Å²) in [5, 5.41) is 9.51. The van der Waals surface area contributed by atoms with Gasteiger partial charge in [0.05, 0.1) is 19.5 Å². The van der Waals surface area contributed by atoms with Gasteiger partial charge in [-0.05, 0) is 42.7 Å². The molecule has 9 nitrogen and oxygen atoms in total. The number of furan rings is 1. The molecule has 2 fully saturated rings. The molecular formula is C26H29N5O4. The number of morpholine rings is 1. The first-order valence-electron chi connectivity index (χ1n) is 12.0. The molecule has 1 aromatic carbocycles. The average molecular weight is 476 g/mol. The van der Waals surface area contributed by atoms with Crippen molar-refractivity contribution in [1.29, 1.82) is 5.26 Å². The number of benzene rings is 1. The van der Waals surface area contributed by atoms with Crippen LogP contribution in [0.2, 0.25) is 0 Å². The number of oxazole rings is 1. The number of ether oxygens (including phenoxy) is 1. The molecule has 0 aliphatic carbocycles. The predicted molar refractivity (Wildman–Crippen MR) is 130 cm³/mol. The Morgan fingerprint density at radius 2 is 1.86 bits per heavy atom. The molecule has 2 aliphatic rings. The second-order valence-electron chi connectivity index (χ2n) is 8.98. The summed E-state index contributed by atoms with van der Waals surface area (Å²) < 4.78 is 16.6. The Hall–Kier alpha value is -3.77.